The number of aliphatic carboxylic acids is 2. The third kappa shape index (κ3) is 7.13. The highest BCUT2D eigenvalue weighted by Crippen LogP contribution is 2.43. The molecule has 1 aromatic heterocycles. The number of nitrogens with zero attached hydrogens (tertiary/aromatic N) is 4. The van der Waals surface area contributed by atoms with Crippen LogP contribution in [0.5, 0.6) is 11.5 Å². The van der Waals surface area contributed by atoms with Crippen LogP contribution in [0, 0.1) is 0 Å². The Morgan fingerprint density at radius 3 is 2.49 bits per heavy atom. The summed E-state index contributed by atoms with van der Waals surface area (Å²) in [4.78, 5) is 76.7. The van der Waals surface area contributed by atoms with Crippen molar-refractivity contribution in [1.82, 2.24) is 25.4 Å². The van der Waals surface area contributed by atoms with Crippen molar-refractivity contribution >= 4 is 75.2 Å². The minimum Gasteiger partial charge on any atom is -0.504 e. The van der Waals surface area contributed by atoms with Gasteiger partial charge in [-0.2, -0.15) is 0 Å². The molecular formula is C30H33ClN8O10S2. The van der Waals surface area contributed by atoms with Gasteiger partial charge in [-0.25, -0.2) is 14.6 Å². The van der Waals surface area contributed by atoms with Gasteiger partial charge in [0.2, 0.25) is 6.10 Å². The third-order valence-electron chi connectivity index (χ3n) is 9.14. The predicted octanol–water partition coefficient (Wildman–Crippen LogP) is 0.0865. The zero-order chi connectivity index (χ0) is 36.7. The molecule has 0 radical (unpaired) electrons. The van der Waals surface area contributed by atoms with Crippen LogP contribution in [0.4, 0.5) is 5.13 Å². The number of thioether (sulfide) groups is 1. The molecule has 10 N–H and O–H groups in total. The number of oxime groups is 1. The summed E-state index contributed by atoms with van der Waals surface area (Å²) in [7, 11) is 0. The third-order valence-corrected chi connectivity index (χ3v) is 11.5. The van der Waals surface area contributed by atoms with Gasteiger partial charge in [0.25, 0.3) is 17.7 Å². The van der Waals surface area contributed by atoms with Gasteiger partial charge in [-0.3, -0.25) is 24.2 Å². The lowest BCUT2D eigenvalue weighted by Crippen LogP contribution is -2.71. The smallest absolute Gasteiger partial charge is 0.352 e. The average molecular weight is 765 g/mol. The van der Waals surface area contributed by atoms with Gasteiger partial charge in [0, 0.05) is 35.8 Å². The topological polar surface area (TPSA) is 283 Å². The minimum absolute atomic E-state index is 0.0446. The zero-order valence-electron chi connectivity index (χ0n) is 26.5. The maximum absolute atomic E-state index is 13.6. The van der Waals surface area contributed by atoms with Gasteiger partial charge < -0.3 is 47.4 Å². The number of hydrogen-bond donors (Lipinski definition) is 8. The van der Waals surface area contributed by atoms with Crippen molar-refractivity contribution in [3.8, 4) is 11.5 Å². The zero-order valence-corrected chi connectivity index (χ0v) is 28.9. The van der Waals surface area contributed by atoms with E-state index in [9.17, 15) is 44.4 Å². The van der Waals surface area contributed by atoms with E-state index in [1.54, 1.807) is 0 Å². The summed E-state index contributed by atoms with van der Waals surface area (Å²) in [6, 6.07) is 1.60. The quantitative estimate of drug-likeness (QED) is 0.0615. The molecule has 4 aliphatic heterocycles. The highest BCUT2D eigenvalue weighted by Gasteiger charge is 2.55. The van der Waals surface area contributed by atoms with E-state index in [1.807, 2.05) is 0 Å². The van der Waals surface area contributed by atoms with E-state index in [2.05, 4.69) is 25.7 Å². The Kier molecular flexibility index (Phi) is 10.3. The number of rotatable bonds is 12. The van der Waals surface area contributed by atoms with Gasteiger partial charge in [-0.1, -0.05) is 16.8 Å². The molecule has 2 bridgehead atoms. The Labute approximate surface area is 302 Å². The fourth-order valence-corrected chi connectivity index (χ4v) is 8.84. The van der Waals surface area contributed by atoms with Crippen LogP contribution in [-0.2, 0) is 24.0 Å². The van der Waals surface area contributed by atoms with Gasteiger partial charge in [0.1, 0.15) is 22.8 Å². The number of nitrogens with two attached hydrogens (primary N) is 2. The molecule has 5 heterocycles. The summed E-state index contributed by atoms with van der Waals surface area (Å²) in [6.07, 6.45) is 1.79. The summed E-state index contributed by atoms with van der Waals surface area (Å²) >= 11 is 8.17. The van der Waals surface area contributed by atoms with Crippen LogP contribution in [0.15, 0.2) is 33.9 Å². The normalized spacial score (nSPS) is 25.1. The first-order valence-electron chi connectivity index (χ1n) is 15.6. The van der Waals surface area contributed by atoms with Crippen molar-refractivity contribution in [3.05, 3.63) is 45.1 Å². The molecule has 1 aromatic carbocycles. The van der Waals surface area contributed by atoms with Crippen LogP contribution in [0.1, 0.15) is 41.7 Å². The maximum atomic E-state index is 13.6. The summed E-state index contributed by atoms with van der Waals surface area (Å²) in [5.41, 5.74) is 11.6. The number of nitrogen functional groups attached to an aromatic ring is 1. The second-order valence-electron chi connectivity index (χ2n) is 12.4. The molecule has 6 rings (SSSR count). The van der Waals surface area contributed by atoms with Crippen molar-refractivity contribution < 1.29 is 49.2 Å². The average Bonchev–Trinajstić information content (AvgIpc) is 3.61. The van der Waals surface area contributed by atoms with Crippen LogP contribution >= 0.6 is 34.7 Å². The Bertz CT molecular complexity index is 1840. The van der Waals surface area contributed by atoms with E-state index in [1.165, 1.54) is 22.0 Å². The van der Waals surface area contributed by atoms with Crippen molar-refractivity contribution in [2.75, 3.05) is 24.6 Å². The number of carbonyl (C=O) groups excluding carboxylic acids is 3. The number of phenolic OH excluding ortho intramolecular Hbond substituents is 2. The summed E-state index contributed by atoms with van der Waals surface area (Å²) in [5, 5.41) is 48.0. The molecule has 4 aliphatic rings. The highest BCUT2D eigenvalue weighted by atomic mass is 35.5. The van der Waals surface area contributed by atoms with Gasteiger partial charge in [0.05, 0.1) is 17.1 Å². The van der Waals surface area contributed by atoms with Gasteiger partial charge in [0.15, 0.2) is 22.3 Å². The van der Waals surface area contributed by atoms with E-state index < -0.39 is 76.0 Å². The number of thiazole rings is 1. The number of carboxylic acids is 2. The van der Waals surface area contributed by atoms with Gasteiger partial charge >= 0.3 is 11.9 Å². The molecule has 0 spiro atoms. The number of nitrogens with one attached hydrogen (secondary N) is 2. The van der Waals surface area contributed by atoms with Crippen LogP contribution in [0.2, 0.25) is 5.02 Å². The van der Waals surface area contributed by atoms with Crippen LogP contribution in [0.25, 0.3) is 0 Å². The predicted molar refractivity (Wildman–Crippen MR) is 183 cm³/mol. The van der Waals surface area contributed by atoms with E-state index in [0.717, 1.165) is 49.2 Å². The number of aromatic nitrogens is 1. The molecule has 6 atom stereocenters. The first kappa shape index (κ1) is 36.2. The molecule has 0 saturated carbocycles. The fourth-order valence-electron chi connectivity index (χ4n) is 6.71. The molecule has 51 heavy (non-hydrogen) atoms. The minimum atomic E-state index is -1.85. The molecule has 21 heteroatoms. The number of anilines is 1. The summed E-state index contributed by atoms with van der Waals surface area (Å²) in [6.45, 7) is -0.282. The molecule has 18 nitrogen and oxygen atoms in total. The number of aromatic hydroxyl groups is 2. The molecular weight excluding hydrogens is 732 g/mol. The summed E-state index contributed by atoms with van der Waals surface area (Å²) in [5.74, 6) is -6.38. The Morgan fingerprint density at radius 1 is 1.16 bits per heavy atom. The van der Waals surface area contributed by atoms with Crippen LogP contribution in [0.3, 0.4) is 0 Å². The summed E-state index contributed by atoms with van der Waals surface area (Å²) < 4.78 is 0. The standard InChI is InChI=1S/C30H33ClN8O10S2/c31-19-15(3-4-17(40)23(19)41)24(42)34-7-18(28(45)46)49-37-20(16-10-51-30(33)35-16)25(43)36-21-26(44)39-22(29(47)48)11(9-50-27(21)39)8-38-13-1-2-14(38)6-12(32)5-13/h3-4,10,12-14,18,21,27,40-41H,1-2,5-9,32H2,(H2,33,35)(H,34,42)(H,36,43)(H,45,46)(H,47,48)/b37-20-/t12-,13+,14-,18?,21-,27-/m1/s1. The second kappa shape index (κ2) is 14.5. The molecule has 0 aliphatic carbocycles. The molecule has 3 saturated heterocycles. The number of hydrogen-bond acceptors (Lipinski definition) is 15. The number of halogens is 1. The van der Waals surface area contributed by atoms with Crippen molar-refractivity contribution in [2.24, 2.45) is 10.9 Å². The Balaban J connectivity index is 1.15. The lowest BCUT2D eigenvalue weighted by molar-refractivity contribution is -0.150. The van der Waals surface area contributed by atoms with E-state index in [4.69, 9.17) is 27.9 Å². The SMILES string of the molecule is Nc1nc(/C(=N/OC(CNC(=O)c2ccc(O)c(O)c2Cl)C(=O)O)C(=O)N[C@@H]2C(=O)N3C(C(=O)O)=C(CN4[C@@H]5CC[C@H]4C[C@@H](N)C5)CS[C@H]23)cs1. The number of carboxylic acid groups (broad SMARTS) is 2. The van der Waals surface area contributed by atoms with Gasteiger partial charge in [-0.05, 0) is 43.4 Å². The van der Waals surface area contributed by atoms with E-state index >= 15 is 0 Å². The number of β-lactam (4-membered cyclic amide) rings is 1. The van der Waals surface area contributed by atoms with Gasteiger partial charge in [-0.15, -0.1) is 23.1 Å². The van der Waals surface area contributed by atoms with Crippen molar-refractivity contribution in [3.63, 3.8) is 0 Å². The van der Waals surface area contributed by atoms with Crippen molar-refractivity contribution in [1.29, 1.82) is 0 Å². The first-order chi connectivity index (χ1) is 24.2. The van der Waals surface area contributed by atoms with Crippen molar-refractivity contribution in [2.45, 2.75) is 61.3 Å². The number of fused-ring (bicyclic) bond motifs is 3. The lowest BCUT2D eigenvalue weighted by atomic mass is 9.96. The number of phenols is 2. The fraction of sp³-hybridized carbons (Fsp3) is 0.433. The number of piperidine rings is 1. The van der Waals surface area contributed by atoms with E-state index in [-0.39, 0.29) is 40.2 Å². The lowest BCUT2D eigenvalue weighted by Gasteiger charge is -2.50. The maximum Gasteiger partial charge on any atom is 0.352 e. The number of benzene rings is 1. The van der Waals surface area contributed by atoms with E-state index in [0.29, 0.717) is 17.9 Å². The van der Waals surface area contributed by atoms with Crippen LogP contribution < -0.4 is 22.1 Å². The molecule has 272 valence electrons. The first-order valence-corrected chi connectivity index (χ1v) is 17.9. The van der Waals surface area contributed by atoms with Crippen LogP contribution in [-0.4, -0.2) is 125 Å². The Morgan fingerprint density at radius 2 is 1.86 bits per heavy atom. The second-order valence-corrected chi connectivity index (χ2v) is 14.7. The number of amides is 3. The number of carbonyl (C=O) groups is 5. The largest absolute Gasteiger partial charge is 0.504 e. The molecule has 1 unspecified atom stereocenters. The molecule has 3 amide bonds. The molecule has 2 aromatic rings. The highest BCUT2D eigenvalue weighted by molar-refractivity contribution is 8.00. The Hall–Kier alpha value is -4.63. The molecule has 3 fully saturated rings. The monoisotopic (exact) mass is 764 g/mol.